The van der Waals surface area contributed by atoms with Crippen LogP contribution in [-0.2, 0) is 32.6 Å². The number of halogens is 3. The van der Waals surface area contributed by atoms with E-state index >= 15 is 0 Å². The molecule has 0 radical (unpaired) electrons. The molecule has 0 saturated carbocycles. The lowest BCUT2D eigenvalue weighted by Crippen LogP contribution is -2.52. The summed E-state index contributed by atoms with van der Waals surface area (Å²) in [7, 11) is -2.35. The maximum absolute atomic E-state index is 13.9. The second-order valence-corrected chi connectivity index (χ2v) is 12.4. The molecule has 0 spiro atoms. The monoisotopic (exact) mass is 639 g/mol. The lowest BCUT2D eigenvalue weighted by Gasteiger charge is -2.33. The van der Waals surface area contributed by atoms with Crippen LogP contribution in [0, 0.1) is 6.92 Å². The molecule has 0 aliphatic rings. The molecule has 0 aromatic heterocycles. The van der Waals surface area contributed by atoms with Crippen molar-refractivity contribution in [1.29, 1.82) is 0 Å². The van der Waals surface area contributed by atoms with E-state index in [9.17, 15) is 18.0 Å². The Morgan fingerprint density at radius 1 is 1.03 bits per heavy atom. The van der Waals surface area contributed by atoms with Gasteiger partial charge in [0.05, 0.1) is 11.9 Å². The first-order valence-electron chi connectivity index (χ1n) is 11.6. The zero-order valence-corrected chi connectivity index (χ0v) is 25.0. The summed E-state index contributed by atoms with van der Waals surface area (Å²) in [6.45, 7) is 1.29. The highest BCUT2D eigenvalue weighted by molar-refractivity contribution is 9.10. The van der Waals surface area contributed by atoms with Crippen molar-refractivity contribution >= 4 is 66.7 Å². The first kappa shape index (κ1) is 30.0. The van der Waals surface area contributed by atoms with Crippen molar-refractivity contribution in [2.24, 2.45) is 0 Å². The molecule has 0 heterocycles. The van der Waals surface area contributed by atoms with Gasteiger partial charge in [-0.25, -0.2) is 8.42 Å². The second-order valence-electron chi connectivity index (χ2n) is 8.78. The third kappa shape index (κ3) is 7.72. The summed E-state index contributed by atoms with van der Waals surface area (Å²) in [5.41, 5.74) is 2.55. The number of nitrogens with zero attached hydrogens (tertiary/aromatic N) is 2. The molecule has 0 fully saturated rings. The van der Waals surface area contributed by atoms with Gasteiger partial charge in [-0.2, -0.15) is 0 Å². The van der Waals surface area contributed by atoms with Crippen molar-refractivity contribution in [3.8, 4) is 0 Å². The first-order valence-corrected chi connectivity index (χ1v) is 15.0. The van der Waals surface area contributed by atoms with E-state index in [1.54, 1.807) is 36.4 Å². The van der Waals surface area contributed by atoms with Gasteiger partial charge < -0.3 is 10.2 Å². The molecule has 2 amide bonds. The minimum atomic E-state index is -3.85. The van der Waals surface area contributed by atoms with Gasteiger partial charge in [0.2, 0.25) is 21.8 Å². The van der Waals surface area contributed by atoms with E-state index in [1.165, 1.54) is 11.9 Å². The van der Waals surface area contributed by atoms with Crippen molar-refractivity contribution < 1.29 is 18.0 Å². The van der Waals surface area contributed by atoms with Crippen LogP contribution in [0.2, 0.25) is 10.0 Å². The maximum Gasteiger partial charge on any atom is 0.244 e. The van der Waals surface area contributed by atoms with Crippen LogP contribution in [0.4, 0.5) is 5.69 Å². The minimum Gasteiger partial charge on any atom is -0.357 e. The lowest BCUT2D eigenvalue weighted by molar-refractivity contribution is -0.139. The van der Waals surface area contributed by atoms with Crippen LogP contribution >= 0.6 is 39.1 Å². The van der Waals surface area contributed by atoms with Crippen LogP contribution in [0.15, 0.2) is 71.2 Å². The Hall–Kier alpha value is -2.59. The highest BCUT2D eigenvalue weighted by atomic mass is 79.9. The van der Waals surface area contributed by atoms with Gasteiger partial charge in [0.15, 0.2) is 0 Å². The largest absolute Gasteiger partial charge is 0.357 e. The molecule has 0 aliphatic carbocycles. The van der Waals surface area contributed by atoms with Crippen LogP contribution in [0.5, 0.6) is 0 Å². The third-order valence-electron chi connectivity index (χ3n) is 5.98. The topological polar surface area (TPSA) is 86.8 Å². The van der Waals surface area contributed by atoms with E-state index in [-0.39, 0.29) is 13.0 Å². The molecule has 11 heteroatoms. The van der Waals surface area contributed by atoms with Gasteiger partial charge in [-0.15, -0.1) is 0 Å². The number of hydrogen-bond donors (Lipinski definition) is 1. The number of rotatable bonds is 10. The Bertz CT molecular complexity index is 1420. The third-order valence-corrected chi connectivity index (χ3v) is 8.60. The number of carbonyl (C=O) groups is 2. The van der Waals surface area contributed by atoms with E-state index in [0.717, 1.165) is 26.2 Å². The second kappa shape index (κ2) is 13.0. The number of sulfonamides is 1. The fourth-order valence-corrected chi connectivity index (χ4v) is 5.51. The van der Waals surface area contributed by atoms with Gasteiger partial charge in [-0.1, -0.05) is 75.5 Å². The Kier molecular flexibility index (Phi) is 10.2. The van der Waals surface area contributed by atoms with Gasteiger partial charge in [-0.05, 0) is 53.9 Å². The van der Waals surface area contributed by atoms with Gasteiger partial charge in [0, 0.05) is 34.5 Å². The number of hydrogen-bond acceptors (Lipinski definition) is 4. The molecular weight excluding hydrogens is 613 g/mol. The molecule has 38 heavy (non-hydrogen) atoms. The minimum absolute atomic E-state index is 0.0310. The van der Waals surface area contributed by atoms with Gasteiger partial charge in [-0.3, -0.25) is 13.9 Å². The predicted octanol–water partition coefficient (Wildman–Crippen LogP) is 5.22. The quantitative estimate of drug-likeness (QED) is 0.329. The van der Waals surface area contributed by atoms with E-state index < -0.39 is 34.4 Å². The number of benzene rings is 3. The molecule has 0 bridgehead atoms. The highest BCUT2D eigenvalue weighted by Gasteiger charge is 2.33. The van der Waals surface area contributed by atoms with Crippen LogP contribution in [0.1, 0.15) is 16.7 Å². The number of aryl methyl sites for hydroxylation is 1. The van der Waals surface area contributed by atoms with Gasteiger partial charge in [0.1, 0.15) is 12.6 Å². The normalized spacial score (nSPS) is 12.1. The number of carbonyl (C=O) groups excluding carboxylic acids is 2. The van der Waals surface area contributed by atoms with Crippen molar-refractivity contribution in [3.05, 3.63) is 97.9 Å². The summed E-state index contributed by atoms with van der Waals surface area (Å²) in [4.78, 5) is 28.4. The average Bonchev–Trinajstić information content (AvgIpc) is 2.87. The van der Waals surface area contributed by atoms with Crippen molar-refractivity contribution in [3.63, 3.8) is 0 Å². The van der Waals surface area contributed by atoms with Crippen molar-refractivity contribution in [2.75, 3.05) is 24.2 Å². The molecule has 1 N–H and O–H groups in total. The number of likely N-dealkylation sites (N-methyl/N-ethyl adjacent to an activating group) is 1. The summed E-state index contributed by atoms with van der Waals surface area (Å²) in [5.74, 6) is -0.954. The Morgan fingerprint density at radius 3 is 2.29 bits per heavy atom. The summed E-state index contributed by atoms with van der Waals surface area (Å²) < 4.78 is 27.5. The van der Waals surface area contributed by atoms with Gasteiger partial charge >= 0.3 is 0 Å². The smallest absolute Gasteiger partial charge is 0.244 e. The summed E-state index contributed by atoms with van der Waals surface area (Å²) in [6.07, 6.45) is 1.26. The highest BCUT2D eigenvalue weighted by Crippen LogP contribution is 2.27. The van der Waals surface area contributed by atoms with Gasteiger partial charge in [0.25, 0.3) is 0 Å². The van der Waals surface area contributed by atoms with E-state index in [0.29, 0.717) is 21.3 Å². The lowest BCUT2D eigenvalue weighted by atomic mass is 10.0. The Labute approximate surface area is 241 Å². The first-order chi connectivity index (χ1) is 17.9. The molecular formula is C27H28BrCl2N3O4S. The Balaban J connectivity index is 2.06. The summed E-state index contributed by atoms with van der Waals surface area (Å²) >= 11 is 15.9. The Morgan fingerprint density at radius 2 is 1.71 bits per heavy atom. The van der Waals surface area contributed by atoms with E-state index in [2.05, 4.69) is 21.2 Å². The molecule has 0 saturated heterocycles. The molecule has 3 aromatic rings. The van der Waals surface area contributed by atoms with Crippen LogP contribution in [-0.4, -0.2) is 51.0 Å². The molecule has 3 rings (SSSR count). The number of anilines is 1. The van der Waals surface area contributed by atoms with E-state index in [4.69, 9.17) is 23.2 Å². The molecule has 202 valence electrons. The zero-order valence-electron chi connectivity index (χ0n) is 21.1. The number of nitrogens with one attached hydrogen (secondary N) is 1. The summed E-state index contributed by atoms with van der Waals surface area (Å²) in [5, 5.41) is 3.39. The molecule has 7 nitrogen and oxygen atoms in total. The predicted molar refractivity (Wildman–Crippen MR) is 156 cm³/mol. The van der Waals surface area contributed by atoms with E-state index in [1.807, 2.05) is 37.3 Å². The van der Waals surface area contributed by atoms with Crippen molar-refractivity contribution in [2.45, 2.75) is 25.9 Å². The number of amides is 2. The fraction of sp³-hybridized carbons (Fsp3) is 0.259. The molecule has 3 aromatic carbocycles. The average molecular weight is 641 g/mol. The fourth-order valence-electron chi connectivity index (χ4n) is 3.95. The van der Waals surface area contributed by atoms with Crippen LogP contribution in [0.25, 0.3) is 0 Å². The standard InChI is InChI=1S/C27H28BrCl2N3O4S/c1-18-13-22(11-12-23(18)28)33(38(3,36)37)17-26(34)32(16-20-9-10-21(29)15-24(20)30)25(27(35)31-2)14-19-7-5-4-6-8-19/h4-13,15,25H,14,16-17H2,1-3H3,(H,31,35)/t25-/m1/s1. The molecule has 0 unspecified atom stereocenters. The van der Waals surface area contributed by atoms with Crippen LogP contribution in [0.3, 0.4) is 0 Å². The zero-order chi connectivity index (χ0) is 28.0. The maximum atomic E-state index is 13.9. The SMILES string of the molecule is CNC(=O)[C@@H](Cc1ccccc1)N(Cc1ccc(Cl)cc1Cl)C(=O)CN(c1ccc(Br)c(C)c1)S(C)(=O)=O. The molecule has 1 atom stereocenters. The van der Waals surface area contributed by atoms with Crippen molar-refractivity contribution in [1.82, 2.24) is 10.2 Å². The van der Waals surface area contributed by atoms with Crippen LogP contribution < -0.4 is 9.62 Å². The summed E-state index contributed by atoms with van der Waals surface area (Å²) in [6, 6.07) is 18.2. The molecule has 0 aliphatic heterocycles.